The molecule has 1 heterocycles. The Labute approximate surface area is 79.9 Å². The maximum atomic E-state index is 5.94. The first kappa shape index (κ1) is 8.97. The summed E-state index contributed by atoms with van der Waals surface area (Å²) < 4.78 is 5.94. The number of nitrogens with zero attached hydrogens (tertiary/aromatic N) is 1. The minimum absolute atomic E-state index is 0.321. The number of likely N-dealkylation sites (N-methyl/N-ethyl adjacent to an activating group) is 1. The summed E-state index contributed by atoms with van der Waals surface area (Å²) >= 11 is 0. The molecule has 0 aromatic rings. The van der Waals surface area contributed by atoms with Crippen LogP contribution in [0.3, 0.4) is 0 Å². The van der Waals surface area contributed by atoms with Crippen molar-refractivity contribution in [1.29, 1.82) is 0 Å². The smallest absolute Gasteiger partial charge is 0.0797 e. The van der Waals surface area contributed by atoms with E-state index in [9.17, 15) is 0 Å². The second-order valence-electron chi connectivity index (χ2n) is 3.90. The van der Waals surface area contributed by atoms with Gasteiger partial charge in [0.15, 0.2) is 0 Å². The van der Waals surface area contributed by atoms with Crippen LogP contribution < -0.4 is 0 Å². The molecular weight excluding hydrogens is 162 g/mol. The van der Waals surface area contributed by atoms with Crippen LogP contribution in [-0.2, 0) is 4.74 Å². The van der Waals surface area contributed by atoms with Crippen molar-refractivity contribution in [3.8, 4) is 0 Å². The zero-order chi connectivity index (χ0) is 9.10. The molecule has 0 bridgehead atoms. The summed E-state index contributed by atoms with van der Waals surface area (Å²) in [5.74, 6) is 0. The topological polar surface area (TPSA) is 12.5 Å². The molecule has 2 aliphatic rings. The second-order valence-corrected chi connectivity index (χ2v) is 3.90. The molecular formula is C11H17NO. The molecule has 0 aromatic heterocycles. The van der Waals surface area contributed by atoms with Crippen LogP contribution in [0.4, 0.5) is 0 Å². The zero-order valence-corrected chi connectivity index (χ0v) is 8.15. The largest absolute Gasteiger partial charge is 0.369 e. The summed E-state index contributed by atoms with van der Waals surface area (Å²) in [6.07, 6.45) is 11.5. The molecule has 72 valence electrons. The molecule has 1 saturated heterocycles. The van der Waals surface area contributed by atoms with Gasteiger partial charge in [-0.1, -0.05) is 24.3 Å². The molecule has 0 radical (unpaired) electrons. The van der Waals surface area contributed by atoms with Crippen molar-refractivity contribution in [3.05, 3.63) is 24.3 Å². The van der Waals surface area contributed by atoms with Gasteiger partial charge in [-0.15, -0.1) is 0 Å². The van der Waals surface area contributed by atoms with Gasteiger partial charge in [0.25, 0.3) is 0 Å². The van der Waals surface area contributed by atoms with Crippen LogP contribution in [0.2, 0.25) is 0 Å². The third kappa shape index (κ3) is 2.42. The molecule has 0 saturated carbocycles. The highest BCUT2D eigenvalue weighted by Gasteiger charge is 2.22. The lowest BCUT2D eigenvalue weighted by Crippen LogP contribution is -2.24. The van der Waals surface area contributed by atoms with E-state index < -0.39 is 0 Å². The first-order chi connectivity index (χ1) is 6.34. The molecule has 2 atom stereocenters. The number of rotatable bonds is 2. The average Bonchev–Trinajstić information content (AvgIpc) is 2.53. The summed E-state index contributed by atoms with van der Waals surface area (Å²) in [6.45, 7) is 2.27. The minimum atomic E-state index is 0.321. The molecule has 2 nitrogen and oxygen atoms in total. The average molecular weight is 179 g/mol. The molecule has 2 unspecified atom stereocenters. The van der Waals surface area contributed by atoms with Crippen LogP contribution in [0.5, 0.6) is 0 Å². The van der Waals surface area contributed by atoms with E-state index in [-0.39, 0.29) is 0 Å². The van der Waals surface area contributed by atoms with Crippen LogP contribution in [0.1, 0.15) is 12.8 Å². The van der Waals surface area contributed by atoms with Crippen molar-refractivity contribution >= 4 is 0 Å². The van der Waals surface area contributed by atoms with Gasteiger partial charge in [-0.2, -0.15) is 0 Å². The Morgan fingerprint density at radius 1 is 1.38 bits per heavy atom. The summed E-state index contributed by atoms with van der Waals surface area (Å²) in [5.41, 5.74) is 0. The zero-order valence-electron chi connectivity index (χ0n) is 8.15. The number of hydrogen-bond donors (Lipinski definition) is 0. The molecule has 1 fully saturated rings. The normalized spacial score (nSPS) is 34.2. The van der Waals surface area contributed by atoms with Gasteiger partial charge in [0, 0.05) is 13.1 Å². The van der Waals surface area contributed by atoms with Crippen molar-refractivity contribution < 1.29 is 4.74 Å². The predicted octanol–water partition coefficient (Wildman–Crippen LogP) is 1.59. The molecule has 2 rings (SSSR count). The summed E-state index contributed by atoms with van der Waals surface area (Å²) in [4.78, 5) is 2.33. The van der Waals surface area contributed by atoms with Gasteiger partial charge in [0.1, 0.15) is 0 Å². The second kappa shape index (κ2) is 4.07. The molecule has 0 amide bonds. The van der Waals surface area contributed by atoms with Crippen LogP contribution in [0.25, 0.3) is 0 Å². The molecule has 0 aromatic carbocycles. The van der Waals surface area contributed by atoms with Crippen molar-refractivity contribution in [3.63, 3.8) is 0 Å². The standard InChI is InChI=1S/C11H17NO/c1-12-8-7-11(9-12)13-10-5-3-2-4-6-10/h2-5,10-11H,6-9H2,1H3. The van der Waals surface area contributed by atoms with E-state index in [4.69, 9.17) is 4.74 Å². The van der Waals surface area contributed by atoms with Crippen LogP contribution in [0.15, 0.2) is 24.3 Å². The van der Waals surface area contributed by atoms with Gasteiger partial charge < -0.3 is 9.64 Å². The molecule has 0 N–H and O–H groups in total. The Balaban J connectivity index is 1.78. The fraction of sp³-hybridized carbons (Fsp3) is 0.636. The van der Waals surface area contributed by atoms with E-state index in [1.54, 1.807) is 0 Å². The van der Waals surface area contributed by atoms with Gasteiger partial charge in [-0.25, -0.2) is 0 Å². The highest BCUT2D eigenvalue weighted by molar-refractivity contribution is 5.12. The molecule has 13 heavy (non-hydrogen) atoms. The van der Waals surface area contributed by atoms with Gasteiger partial charge in [-0.3, -0.25) is 0 Å². The SMILES string of the molecule is CN1CCC(OC2C=CC=CC2)C1. The van der Waals surface area contributed by atoms with Gasteiger partial charge in [0.2, 0.25) is 0 Å². The van der Waals surface area contributed by atoms with E-state index in [1.807, 2.05) is 0 Å². The Bertz CT molecular complexity index is 222. The Morgan fingerprint density at radius 3 is 2.92 bits per heavy atom. The maximum Gasteiger partial charge on any atom is 0.0797 e. The van der Waals surface area contributed by atoms with Gasteiger partial charge >= 0.3 is 0 Å². The van der Waals surface area contributed by atoms with E-state index in [1.165, 1.54) is 13.0 Å². The Morgan fingerprint density at radius 2 is 2.31 bits per heavy atom. The lowest BCUT2D eigenvalue weighted by Gasteiger charge is -2.19. The first-order valence-electron chi connectivity index (χ1n) is 5.02. The maximum absolute atomic E-state index is 5.94. The van der Waals surface area contributed by atoms with Crippen LogP contribution in [0, 0.1) is 0 Å². The molecule has 2 heteroatoms. The highest BCUT2D eigenvalue weighted by Crippen LogP contribution is 2.16. The van der Waals surface area contributed by atoms with Crippen molar-refractivity contribution in [2.45, 2.75) is 25.0 Å². The third-order valence-electron chi connectivity index (χ3n) is 2.66. The van der Waals surface area contributed by atoms with Crippen LogP contribution in [-0.4, -0.2) is 37.2 Å². The van der Waals surface area contributed by atoms with E-state index >= 15 is 0 Å². The summed E-state index contributed by atoms with van der Waals surface area (Å²) in [6, 6.07) is 0. The summed E-state index contributed by atoms with van der Waals surface area (Å²) in [5, 5.41) is 0. The molecule has 1 aliphatic heterocycles. The lowest BCUT2D eigenvalue weighted by atomic mass is 10.1. The lowest BCUT2D eigenvalue weighted by molar-refractivity contribution is 0.0218. The number of hydrogen-bond acceptors (Lipinski definition) is 2. The van der Waals surface area contributed by atoms with Gasteiger partial charge in [0.05, 0.1) is 12.2 Å². The third-order valence-corrected chi connectivity index (χ3v) is 2.66. The van der Waals surface area contributed by atoms with Crippen molar-refractivity contribution in [2.24, 2.45) is 0 Å². The fourth-order valence-corrected chi connectivity index (χ4v) is 1.91. The first-order valence-corrected chi connectivity index (χ1v) is 5.02. The van der Waals surface area contributed by atoms with E-state index in [0.29, 0.717) is 12.2 Å². The van der Waals surface area contributed by atoms with Gasteiger partial charge in [-0.05, 0) is 19.9 Å². The van der Waals surface area contributed by atoms with Crippen LogP contribution >= 0.6 is 0 Å². The van der Waals surface area contributed by atoms with Crippen molar-refractivity contribution in [2.75, 3.05) is 20.1 Å². The number of allylic oxidation sites excluding steroid dienone is 2. The predicted molar refractivity (Wildman–Crippen MR) is 53.7 cm³/mol. The summed E-state index contributed by atoms with van der Waals surface area (Å²) in [7, 11) is 2.15. The molecule has 1 aliphatic carbocycles. The van der Waals surface area contributed by atoms with E-state index in [2.05, 4.69) is 36.3 Å². The quantitative estimate of drug-likeness (QED) is 0.638. The Hall–Kier alpha value is -0.600. The number of likely N-dealkylation sites (tertiary alicyclic amines) is 1. The highest BCUT2D eigenvalue weighted by atomic mass is 16.5. The van der Waals surface area contributed by atoms with E-state index in [0.717, 1.165) is 13.0 Å². The number of ether oxygens (including phenoxy) is 1. The minimum Gasteiger partial charge on any atom is -0.369 e. The van der Waals surface area contributed by atoms with Crippen molar-refractivity contribution in [1.82, 2.24) is 4.90 Å². The Kier molecular flexibility index (Phi) is 2.81. The monoisotopic (exact) mass is 179 g/mol. The fourth-order valence-electron chi connectivity index (χ4n) is 1.91. The molecule has 0 spiro atoms.